The van der Waals surface area contributed by atoms with Crippen molar-refractivity contribution in [3.63, 3.8) is 0 Å². The van der Waals surface area contributed by atoms with E-state index in [1.165, 1.54) is 18.3 Å². The van der Waals surface area contributed by atoms with Gasteiger partial charge >= 0.3 is 0 Å². The molecule has 8 heteroatoms. The summed E-state index contributed by atoms with van der Waals surface area (Å²) in [6, 6.07) is 8.18. The van der Waals surface area contributed by atoms with Crippen molar-refractivity contribution >= 4 is 33.1 Å². The van der Waals surface area contributed by atoms with Gasteiger partial charge in [-0.05, 0) is 49.7 Å². The number of amides is 1. The first-order valence-corrected chi connectivity index (χ1v) is 9.00. The van der Waals surface area contributed by atoms with E-state index in [1.807, 2.05) is 13.8 Å². The third-order valence-corrected chi connectivity index (χ3v) is 4.84. The van der Waals surface area contributed by atoms with Crippen LogP contribution in [0.4, 0.5) is 17.2 Å². The van der Waals surface area contributed by atoms with Gasteiger partial charge in [-0.1, -0.05) is 0 Å². The van der Waals surface area contributed by atoms with Gasteiger partial charge in [-0.3, -0.25) is 9.52 Å². The summed E-state index contributed by atoms with van der Waals surface area (Å²) in [5, 5.41) is 5.81. The molecule has 0 saturated carbocycles. The van der Waals surface area contributed by atoms with Gasteiger partial charge in [0.15, 0.2) is 0 Å². The Morgan fingerprint density at radius 3 is 2.67 bits per heavy atom. The molecule has 0 radical (unpaired) electrons. The summed E-state index contributed by atoms with van der Waals surface area (Å²) in [4.78, 5) is 15.7. The fraction of sp³-hybridized carbons (Fsp3) is 0.250. The molecule has 3 rings (SSSR count). The number of benzene rings is 1. The van der Waals surface area contributed by atoms with Gasteiger partial charge in [-0.15, -0.1) is 0 Å². The lowest BCUT2D eigenvalue weighted by molar-refractivity contribution is -0.115. The molecular formula is C16H18N4O3S. The minimum Gasteiger partial charge on any atom is -0.368 e. The first-order chi connectivity index (χ1) is 11.3. The molecule has 3 N–H and O–H groups in total. The summed E-state index contributed by atoms with van der Waals surface area (Å²) < 4.78 is 27.5. The lowest BCUT2D eigenvalue weighted by atomic mass is 10.2. The average molecular weight is 346 g/mol. The molecule has 0 atom stereocenters. The number of nitrogens with zero attached hydrogens (tertiary/aromatic N) is 1. The zero-order chi connectivity index (χ0) is 17.3. The van der Waals surface area contributed by atoms with E-state index in [0.717, 1.165) is 0 Å². The minimum atomic E-state index is -3.74. The maximum atomic E-state index is 12.5. The van der Waals surface area contributed by atoms with Crippen molar-refractivity contribution in [1.29, 1.82) is 0 Å². The second-order valence-corrected chi connectivity index (χ2v) is 7.56. The number of sulfonamides is 1. The number of hydrogen-bond donors (Lipinski definition) is 3. The van der Waals surface area contributed by atoms with Crippen molar-refractivity contribution in [2.45, 2.75) is 31.2 Å². The average Bonchev–Trinajstić information content (AvgIpc) is 2.87. The van der Waals surface area contributed by atoms with E-state index in [1.54, 1.807) is 18.2 Å². The van der Waals surface area contributed by atoms with Gasteiger partial charge in [0.2, 0.25) is 5.91 Å². The second kappa shape index (κ2) is 6.12. The maximum absolute atomic E-state index is 12.5. The van der Waals surface area contributed by atoms with Crippen LogP contribution in [0.15, 0.2) is 41.4 Å². The lowest BCUT2D eigenvalue weighted by Gasteiger charge is -2.11. The monoisotopic (exact) mass is 346 g/mol. The first-order valence-electron chi connectivity index (χ1n) is 7.52. The van der Waals surface area contributed by atoms with E-state index < -0.39 is 10.0 Å². The standard InChI is InChI=1S/C16H18N4O3S/c1-10(2)18-15-6-3-12(9-17-15)20-24(22,23)13-4-5-14-11(7-13)8-16(21)19-14/h3-7,9-10,20H,8H2,1-2H3,(H,17,18)(H,19,21). The van der Waals surface area contributed by atoms with Crippen LogP contribution in [0.3, 0.4) is 0 Å². The molecule has 126 valence electrons. The highest BCUT2D eigenvalue weighted by Gasteiger charge is 2.22. The molecule has 0 fully saturated rings. The number of nitrogens with one attached hydrogen (secondary N) is 3. The third-order valence-electron chi connectivity index (χ3n) is 3.46. The zero-order valence-corrected chi connectivity index (χ0v) is 14.1. The van der Waals surface area contributed by atoms with Gasteiger partial charge in [0, 0.05) is 11.7 Å². The lowest BCUT2D eigenvalue weighted by Crippen LogP contribution is -2.14. The number of anilines is 3. The van der Waals surface area contributed by atoms with Crippen molar-refractivity contribution < 1.29 is 13.2 Å². The molecule has 0 spiro atoms. The molecule has 2 aromatic rings. The number of rotatable bonds is 5. The highest BCUT2D eigenvalue weighted by atomic mass is 32.2. The van der Waals surface area contributed by atoms with Gasteiger partial charge in [-0.2, -0.15) is 0 Å². The van der Waals surface area contributed by atoms with Gasteiger partial charge in [0.1, 0.15) is 5.82 Å². The number of pyridine rings is 1. The molecule has 1 aromatic carbocycles. The molecule has 1 aliphatic rings. The molecule has 7 nitrogen and oxygen atoms in total. The van der Waals surface area contributed by atoms with Gasteiger partial charge in [0.05, 0.1) is 23.2 Å². The molecule has 0 bridgehead atoms. The minimum absolute atomic E-state index is 0.113. The highest BCUT2D eigenvalue weighted by Crippen LogP contribution is 2.26. The van der Waals surface area contributed by atoms with Crippen LogP contribution in [0.5, 0.6) is 0 Å². The molecule has 0 aliphatic carbocycles. The summed E-state index contributed by atoms with van der Waals surface area (Å²) in [7, 11) is -3.74. The Balaban J connectivity index is 1.79. The number of fused-ring (bicyclic) bond motifs is 1. The van der Waals surface area contributed by atoms with Gasteiger partial charge in [0.25, 0.3) is 10.0 Å². The van der Waals surface area contributed by atoms with Crippen LogP contribution in [-0.4, -0.2) is 25.4 Å². The van der Waals surface area contributed by atoms with E-state index >= 15 is 0 Å². The normalized spacial score (nSPS) is 13.5. The van der Waals surface area contributed by atoms with Gasteiger partial charge < -0.3 is 10.6 Å². The topological polar surface area (TPSA) is 100 Å². The first kappa shape index (κ1) is 16.3. The molecule has 0 unspecified atom stereocenters. The van der Waals surface area contributed by atoms with Crippen LogP contribution in [0, 0.1) is 0 Å². The van der Waals surface area contributed by atoms with Gasteiger partial charge in [-0.25, -0.2) is 13.4 Å². The van der Waals surface area contributed by atoms with Crippen molar-refractivity contribution in [3.8, 4) is 0 Å². The van der Waals surface area contributed by atoms with Crippen LogP contribution < -0.4 is 15.4 Å². The Kier molecular flexibility index (Phi) is 4.15. The summed E-state index contributed by atoms with van der Waals surface area (Å²) in [5.74, 6) is 0.542. The number of carbonyl (C=O) groups is 1. The largest absolute Gasteiger partial charge is 0.368 e. The van der Waals surface area contributed by atoms with Crippen molar-refractivity contribution in [3.05, 3.63) is 42.1 Å². The van der Waals surface area contributed by atoms with Crippen LogP contribution in [0.2, 0.25) is 0 Å². The van der Waals surface area contributed by atoms with Crippen molar-refractivity contribution in [2.24, 2.45) is 0 Å². The van der Waals surface area contributed by atoms with Crippen LogP contribution in [0.1, 0.15) is 19.4 Å². The quantitative estimate of drug-likeness (QED) is 0.770. The fourth-order valence-corrected chi connectivity index (χ4v) is 3.52. The molecular weight excluding hydrogens is 328 g/mol. The maximum Gasteiger partial charge on any atom is 0.261 e. The number of aromatic nitrogens is 1. The van der Waals surface area contributed by atoms with Crippen LogP contribution in [0.25, 0.3) is 0 Å². The summed E-state index contributed by atoms with van der Waals surface area (Å²) in [6.45, 7) is 3.98. The van der Waals surface area contributed by atoms with Crippen LogP contribution in [-0.2, 0) is 21.2 Å². The number of carbonyl (C=O) groups excluding carboxylic acids is 1. The Morgan fingerprint density at radius 2 is 2.00 bits per heavy atom. The third kappa shape index (κ3) is 3.48. The van der Waals surface area contributed by atoms with Crippen molar-refractivity contribution in [2.75, 3.05) is 15.4 Å². The Labute approximate surface area is 140 Å². The highest BCUT2D eigenvalue weighted by molar-refractivity contribution is 7.92. The fourth-order valence-electron chi connectivity index (χ4n) is 2.42. The smallest absolute Gasteiger partial charge is 0.261 e. The molecule has 1 amide bonds. The number of hydrogen-bond acceptors (Lipinski definition) is 5. The van der Waals surface area contributed by atoms with Crippen molar-refractivity contribution in [1.82, 2.24) is 4.98 Å². The Morgan fingerprint density at radius 1 is 1.21 bits per heavy atom. The Hall–Kier alpha value is -2.61. The Bertz CT molecular complexity index is 877. The second-order valence-electron chi connectivity index (χ2n) is 5.88. The van der Waals surface area contributed by atoms with E-state index in [9.17, 15) is 13.2 Å². The molecule has 24 heavy (non-hydrogen) atoms. The molecule has 1 aliphatic heterocycles. The van der Waals surface area contributed by atoms with E-state index in [-0.39, 0.29) is 23.3 Å². The SMILES string of the molecule is CC(C)Nc1ccc(NS(=O)(=O)c2ccc3c(c2)CC(=O)N3)cn1. The predicted octanol–water partition coefficient (Wildman–Crippen LogP) is 2.20. The summed E-state index contributed by atoms with van der Waals surface area (Å²) >= 11 is 0. The zero-order valence-electron chi connectivity index (χ0n) is 13.3. The predicted molar refractivity (Wildman–Crippen MR) is 92.6 cm³/mol. The summed E-state index contributed by atoms with van der Waals surface area (Å²) in [6.07, 6.45) is 1.65. The van der Waals surface area contributed by atoms with E-state index in [2.05, 4.69) is 20.3 Å². The van der Waals surface area contributed by atoms with E-state index in [4.69, 9.17) is 0 Å². The summed E-state index contributed by atoms with van der Waals surface area (Å²) in [5.41, 5.74) is 1.71. The van der Waals surface area contributed by atoms with Crippen LogP contribution >= 0.6 is 0 Å². The van der Waals surface area contributed by atoms with E-state index in [0.29, 0.717) is 22.8 Å². The molecule has 2 heterocycles. The molecule has 0 saturated heterocycles. The molecule has 1 aromatic heterocycles.